The summed E-state index contributed by atoms with van der Waals surface area (Å²) < 4.78 is 0. The van der Waals surface area contributed by atoms with Crippen molar-refractivity contribution in [1.29, 1.82) is 0 Å². The quantitative estimate of drug-likeness (QED) is 0.164. The minimum Gasteiger partial charge on any atom is -0.237 e. The Hall–Kier alpha value is -6.71. The number of aliphatic imine (C=N–C) groups is 3. The maximum Gasteiger partial charge on any atom is 0.162 e. The molecule has 248 valence electrons. The molecule has 0 spiro atoms. The van der Waals surface area contributed by atoms with Crippen LogP contribution in [-0.2, 0) is 0 Å². The molecular weight excluding hydrogens is 631 g/mol. The smallest absolute Gasteiger partial charge is 0.162 e. The van der Waals surface area contributed by atoms with E-state index in [1.165, 1.54) is 49.4 Å². The molecule has 0 saturated heterocycles. The molecule has 0 aliphatic carbocycles. The van der Waals surface area contributed by atoms with E-state index in [9.17, 15) is 0 Å². The number of amidine groups is 2. The van der Waals surface area contributed by atoms with Gasteiger partial charge in [0.2, 0.25) is 0 Å². The summed E-state index contributed by atoms with van der Waals surface area (Å²) in [6, 6.07) is 51.6. The third-order valence-corrected chi connectivity index (χ3v) is 9.65. The molecule has 0 N–H and O–H groups in total. The highest BCUT2D eigenvalue weighted by Crippen LogP contribution is 2.39. The summed E-state index contributed by atoms with van der Waals surface area (Å²) in [4.78, 5) is 15.0. The van der Waals surface area contributed by atoms with Crippen LogP contribution in [0.15, 0.2) is 197 Å². The van der Waals surface area contributed by atoms with E-state index < -0.39 is 0 Å². The van der Waals surface area contributed by atoms with Gasteiger partial charge >= 0.3 is 0 Å². The Kier molecular flexibility index (Phi) is 9.15. The molecule has 1 aliphatic heterocycles. The van der Waals surface area contributed by atoms with Crippen molar-refractivity contribution in [1.82, 2.24) is 0 Å². The van der Waals surface area contributed by atoms with Gasteiger partial charge in [-0.1, -0.05) is 152 Å². The molecule has 3 nitrogen and oxygen atoms in total. The monoisotopic (exact) mass is 667 g/mol. The molecule has 0 amide bonds. The summed E-state index contributed by atoms with van der Waals surface area (Å²) in [5, 5.41) is 5.01. The summed E-state index contributed by atoms with van der Waals surface area (Å²) >= 11 is 0. The van der Waals surface area contributed by atoms with Gasteiger partial charge in [-0.2, -0.15) is 0 Å². The molecule has 0 aromatic heterocycles. The lowest BCUT2D eigenvalue weighted by Gasteiger charge is -2.19. The van der Waals surface area contributed by atoms with Crippen LogP contribution in [0.25, 0.3) is 54.9 Å². The fourth-order valence-corrected chi connectivity index (χ4v) is 7.08. The van der Waals surface area contributed by atoms with E-state index in [0.29, 0.717) is 11.7 Å². The van der Waals surface area contributed by atoms with Crippen molar-refractivity contribution in [2.45, 2.75) is 13.8 Å². The molecule has 7 aromatic rings. The number of rotatable bonds is 5. The largest absolute Gasteiger partial charge is 0.237 e. The van der Waals surface area contributed by atoms with Crippen LogP contribution in [0.2, 0.25) is 0 Å². The Morgan fingerprint density at radius 2 is 1.08 bits per heavy atom. The van der Waals surface area contributed by atoms with Gasteiger partial charge in [0, 0.05) is 23.5 Å². The maximum absolute atomic E-state index is 5.18. The van der Waals surface area contributed by atoms with Crippen molar-refractivity contribution in [3.63, 3.8) is 0 Å². The molecule has 0 atom stereocenters. The summed E-state index contributed by atoms with van der Waals surface area (Å²) in [5.41, 5.74) is 11.2. The zero-order chi connectivity index (χ0) is 35.3. The Balaban J connectivity index is 1.33. The van der Waals surface area contributed by atoms with Crippen molar-refractivity contribution in [3.05, 3.63) is 204 Å². The van der Waals surface area contributed by atoms with E-state index in [-0.39, 0.29) is 0 Å². The predicted molar refractivity (Wildman–Crippen MR) is 223 cm³/mol. The first-order valence-electron chi connectivity index (χ1n) is 17.6. The number of nitrogens with zero attached hydrogens (tertiary/aromatic N) is 3. The maximum atomic E-state index is 5.18. The second-order valence-electron chi connectivity index (χ2n) is 12.9. The first-order valence-corrected chi connectivity index (χ1v) is 17.6. The number of benzene rings is 7. The van der Waals surface area contributed by atoms with Gasteiger partial charge in [-0.15, -0.1) is 0 Å². The third-order valence-electron chi connectivity index (χ3n) is 9.65. The summed E-state index contributed by atoms with van der Waals surface area (Å²) in [6.07, 6.45) is 13.3. The van der Waals surface area contributed by atoms with Crippen molar-refractivity contribution < 1.29 is 0 Å². The summed E-state index contributed by atoms with van der Waals surface area (Å²) in [5.74, 6) is 1.18. The van der Waals surface area contributed by atoms with Gasteiger partial charge in [0.1, 0.15) is 0 Å². The SMILES string of the molecule is Cc1ccccc1-c1ccc(C2=N/C=C\C=C/C=C/C=N/C(c3ccccc3)=N\2)c(-c2ccc(-c3cc4ccccc4c4ccccc34)cc2)c1C. The minimum atomic E-state index is 0.587. The highest BCUT2D eigenvalue weighted by molar-refractivity contribution is 6.17. The lowest BCUT2D eigenvalue weighted by Crippen LogP contribution is -2.08. The zero-order valence-electron chi connectivity index (χ0n) is 29.2. The number of aryl methyl sites for hydroxylation is 1. The topological polar surface area (TPSA) is 37.1 Å². The van der Waals surface area contributed by atoms with Crippen LogP contribution in [0, 0.1) is 13.8 Å². The van der Waals surface area contributed by atoms with E-state index in [2.05, 4.69) is 129 Å². The Morgan fingerprint density at radius 1 is 0.423 bits per heavy atom. The van der Waals surface area contributed by atoms with E-state index in [1.807, 2.05) is 60.7 Å². The fourth-order valence-electron chi connectivity index (χ4n) is 7.08. The van der Waals surface area contributed by atoms with Crippen molar-refractivity contribution in [3.8, 4) is 33.4 Å². The van der Waals surface area contributed by atoms with Gasteiger partial charge < -0.3 is 0 Å². The van der Waals surface area contributed by atoms with Gasteiger partial charge in [0.15, 0.2) is 11.7 Å². The fraction of sp³-hybridized carbons (Fsp3) is 0.0408. The van der Waals surface area contributed by atoms with Crippen LogP contribution in [0.1, 0.15) is 22.3 Å². The van der Waals surface area contributed by atoms with E-state index in [1.54, 1.807) is 12.4 Å². The van der Waals surface area contributed by atoms with Crippen LogP contribution in [0.4, 0.5) is 0 Å². The Labute approximate surface area is 305 Å². The second-order valence-corrected chi connectivity index (χ2v) is 12.9. The molecule has 8 rings (SSSR count). The van der Waals surface area contributed by atoms with Crippen LogP contribution >= 0.6 is 0 Å². The Bertz CT molecular complexity index is 2620. The molecule has 3 heteroatoms. The molecule has 0 radical (unpaired) electrons. The average molecular weight is 668 g/mol. The first-order chi connectivity index (χ1) is 25.7. The van der Waals surface area contributed by atoms with Gasteiger partial charge in [0.25, 0.3) is 0 Å². The standard InChI is InChI=1S/C49H37N3/c1-34-17-9-11-21-40(34)41-29-30-45(49-51-32-16-5-3-4-15-31-50-48(52-49)38-18-7-6-8-19-38)47(35(41)2)37-27-25-36(26-28-37)46-33-39-20-10-12-22-42(39)43-23-13-14-24-44(43)46/h3-33H,1-2H3/b4-3?,5-3-,15-4+,16-5?,31-15?,32-16-,50-31+,50-48?,51-32?,51-49-,52-48-,52-49?. The van der Waals surface area contributed by atoms with Gasteiger partial charge in [-0.3, -0.25) is 0 Å². The molecule has 0 saturated carbocycles. The molecule has 0 bridgehead atoms. The normalized spacial score (nSPS) is 17.6. The lowest BCUT2D eigenvalue weighted by molar-refractivity contribution is 1.37. The summed E-state index contributed by atoms with van der Waals surface area (Å²) in [7, 11) is 0. The molecule has 0 unspecified atom stereocenters. The molecule has 52 heavy (non-hydrogen) atoms. The van der Waals surface area contributed by atoms with E-state index in [4.69, 9.17) is 15.0 Å². The minimum absolute atomic E-state index is 0.587. The van der Waals surface area contributed by atoms with Gasteiger partial charge in [-0.25, -0.2) is 15.0 Å². The Morgan fingerprint density at radius 3 is 1.90 bits per heavy atom. The van der Waals surface area contributed by atoms with Crippen LogP contribution in [-0.4, -0.2) is 17.9 Å². The molecule has 1 aliphatic rings. The molecule has 1 heterocycles. The molecular formula is C49H37N3. The number of fused-ring (bicyclic) bond motifs is 3. The van der Waals surface area contributed by atoms with E-state index >= 15 is 0 Å². The van der Waals surface area contributed by atoms with Crippen molar-refractivity contribution in [2.75, 3.05) is 0 Å². The highest BCUT2D eigenvalue weighted by Gasteiger charge is 2.19. The third kappa shape index (κ3) is 6.48. The zero-order valence-corrected chi connectivity index (χ0v) is 29.2. The highest BCUT2D eigenvalue weighted by atomic mass is 15.0. The number of allylic oxidation sites excluding steroid dienone is 5. The first kappa shape index (κ1) is 32.5. The van der Waals surface area contributed by atoms with Crippen molar-refractivity contribution in [2.24, 2.45) is 15.0 Å². The van der Waals surface area contributed by atoms with Gasteiger partial charge in [-0.05, 0) is 104 Å². The van der Waals surface area contributed by atoms with E-state index in [0.717, 1.165) is 27.8 Å². The number of hydrogen-bond acceptors (Lipinski definition) is 3. The average Bonchev–Trinajstić information content (AvgIpc) is 3.19. The van der Waals surface area contributed by atoms with Gasteiger partial charge in [0.05, 0.1) is 0 Å². The summed E-state index contributed by atoms with van der Waals surface area (Å²) in [6.45, 7) is 4.38. The molecule has 7 aromatic carbocycles. The number of hydrogen-bond donors (Lipinski definition) is 0. The van der Waals surface area contributed by atoms with Crippen LogP contribution in [0.5, 0.6) is 0 Å². The lowest BCUT2D eigenvalue weighted by atomic mass is 9.86. The van der Waals surface area contributed by atoms with Crippen LogP contribution in [0.3, 0.4) is 0 Å². The predicted octanol–water partition coefficient (Wildman–Crippen LogP) is 12.5. The van der Waals surface area contributed by atoms with Crippen molar-refractivity contribution >= 4 is 39.4 Å². The van der Waals surface area contributed by atoms with Crippen LogP contribution < -0.4 is 0 Å². The molecule has 0 fully saturated rings. The second kappa shape index (κ2) is 14.6.